The van der Waals surface area contributed by atoms with E-state index in [9.17, 15) is 14.4 Å². The molecule has 0 aliphatic carbocycles. The molecule has 0 saturated heterocycles. The summed E-state index contributed by atoms with van der Waals surface area (Å²) in [6, 6.07) is 17.2. The number of amides is 1. The van der Waals surface area contributed by atoms with Crippen molar-refractivity contribution < 1.29 is 19.1 Å². The summed E-state index contributed by atoms with van der Waals surface area (Å²) in [5.74, 6) is -1.16. The first-order chi connectivity index (χ1) is 16.9. The van der Waals surface area contributed by atoms with E-state index in [0.717, 1.165) is 24.2 Å². The van der Waals surface area contributed by atoms with Gasteiger partial charge in [-0.3, -0.25) is 14.4 Å². The number of hydrogen-bond donors (Lipinski definition) is 1. The molecule has 0 fully saturated rings. The number of hydrogen-bond acceptors (Lipinski definition) is 5. The number of esters is 1. The Morgan fingerprint density at radius 3 is 2.34 bits per heavy atom. The summed E-state index contributed by atoms with van der Waals surface area (Å²) >= 11 is 0. The number of anilines is 1. The standard InChI is InChI=1S/C28H33N3O4/c1-4-5-7-10-22-13-15-23(16-14-22)25(32)17-18-27(34)35-19-26(33)29-28-20(2)30-31(21(28)3)24-11-8-6-9-12-24/h6,8-9,11-16H,4-5,7,10,17-19H2,1-3H3,(H,29,33). The van der Waals surface area contributed by atoms with Crippen LogP contribution < -0.4 is 5.32 Å². The molecule has 2 aromatic carbocycles. The van der Waals surface area contributed by atoms with Crippen LogP contribution in [0.2, 0.25) is 0 Å². The van der Waals surface area contributed by atoms with Crippen LogP contribution in [0.1, 0.15) is 66.3 Å². The SMILES string of the molecule is CCCCCc1ccc(C(=O)CCC(=O)OCC(=O)Nc2c(C)nn(-c3ccccc3)c2C)cc1. The van der Waals surface area contributed by atoms with Crippen LogP contribution >= 0.6 is 0 Å². The zero-order valence-electron chi connectivity index (χ0n) is 20.7. The number of aryl methyl sites for hydroxylation is 2. The van der Waals surface area contributed by atoms with Gasteiger partial charge in [-0.05, 0) is 44.4 Å². The minimum atomic E-state index is -0.585. The lowest BCUT2D eigenvalue weighted by Crippen LogP contribution is -2.21. The van der Waals surface area contributed by atoms with Gasteiger partial charge in [-0.1, -0.05) is 62.2 Å². The summed E-state index contributed by atoms with van der Waals surface area (Å²) in [5, 5.41) is 7.26. The minimum absolute atomic E-state index is 0.0394. The predicted molar refractivity (Wildman–Crippen MR) is 136 cm³/mol. The highest BCUT2D eigenvalue weighted by atomic mass is 16.5. The Labute approximate surface area is 206 Å². The van der Waals surface area contributed by atoms with Crippen LogP contribution in [0.15, 0.2) is 54.6 Å². The van der Waals surface area contributed by atoms with E-state index in [1.165, 1.54) is 18.4 Å². The fourth-order valence-corrected chi connectivity index (χ4v) is 3.83. The first kappa shape index (κ1) is 25.9. The number of aromatic nitrogens is 2. The molecule has 7 heteroatoms. The number of nitrogens with one attached hydrogen (secondary N) is 1. The lowest BCUT2D eigenvalue weighted by molar-refractivity contribution is -0.147. The zero-order valence-corrected chi connectivity index (χ0v) is 20.7. The summed E-state index contributed by atoms with van der Waals surface area (Å²) in [4.78, 5) is 36.8. The van der Waals surface area contributed by atoms with Crippen LogP contribution in [0.25, 0.3) is 5.69 Å². The van der Waals surface area contributed by atoms with Gasteiger partial charge in [-0.25, -0.2) is 4.68 Å². The molecule has 0 bridgehead atoms. The van der Waals surface area contributed by atoms with E-state index in [4.69, 9.17) is 4.74 Å². The van der Waals surface area contributed by atoms with Crippen LogP contribution in [0.4, 0.5) is 5.69 Å². The van der Waals surface area contributed by atoms with Crippen molar-refractivity contribution in [3.05, 3.63) is 77.1 Å². The maximum Gasteiger partial charge on any atom is 0.306 e. The van der Waals surface area contributed by atoms with Crippen molar-refractivity contribution in [2.75, 3.05) is 11.9 Å². The molecule has 0 atom stereocenters. The molecule has 35 heavy (non-hydrogen) atoms. The van der Waals surface area contributed by atoms with Gasteiger partial charge >= 0.3 is 5.97 Å². The molecule has 3 aromatic rings. The fraction of sp³-hybridized carbons (Fsp3) is 0.357. The van der Waals surface area contributed by atoms with Crippen LogP contribution in [-0.4, -0.2) is 34.0 Å². The van der Waals surface area contributed by atoms with Crippen LogP contribution in [0.3, 0.4) is 0 Å². The van der Waals surface area contributed by atoms with Crippen molar-refractivity contribution in [1.82, 2.24) is 9.78 Å². The maximum atomic E-state index is 12.4. The van der Waals surface area contributed by atoms with Gasteiger partial charge in [0.05, 0.1) is 29.2 Å². The number of rotatable bonds is 12. The van der Waals surface area contributed by atoms with Gasteiger partial charge in [0.15, 0.2) is 12.4 Å². The van der Waals surface area contributed by atoms with Gasteiger partial charge in [0, 0.05) is 12.0 Å². The average molecular weight is 476 g/mol. The van der Waals surface area contributed by atoms with Crippen LogP contribution in [-0.2, 0) is 20.7 Å². The molecule has 184 valence electrons. The lowest BCUT2D eigenvalue weighted by atomic mass is 10.0. The van der Waals surface area contributed by atoms with Crippen molar-refractivity contribution in [3.63, 3.8) is 0 Å². The summed E-state index contributed by atoms with van der Waals surface area (Å²) in [6.45, 7) is 5.41. The lowest BCUT2D eigenvalue weighted by Gasteiger charge is -2.08. The van der Waals surface area contributed by atoms with Gasteiger partial charge in [0.25, 0.3) is 5.91 Å². The summed E-state index contributed by atoms with van der Waals surface area (Å²) in [5.41, 5.74) is 4.69. The molecule has 1 heterocycles. The van der Waals surface area contributed by atoms with Crippen molar-refractivity contribution >= 4 is 23.3 Å². The van der Waals surface area contributed by atoms with Crippen molar-refractivity contribution in [2.45, 2.75) is 59.3 Å². The number of ether oxygens (including phenoxy) is 1. The Bertz CT molecular complexity index is 1150. The Kier molecular flexibility index (Phi) is 9.35. The number of para-hydroxylation sites is 1. The number of ketones is 1. The molecule has 0 saturated carbocycles. The number of nitrogens with zero attached hydrogens (tertiary/aromatic N) is 2. The molecule has 7 nitrogen and oxygen atoms in total. The highest BCUT2D eigenvalue weighted by Crippen LogP contribution is 2.22. The normalized spacial score (nSPS) is 10.7. The fourth-order valence-electron chi connectivity index (χ4n) is 3.83. The highest BCUT2D eigenvalue weighted by Gasteiger charge is 2.17. The molecule has 1 N–H and O–H groups in total. The maximum absolute atomic E-state index is 12.4. The number of Topliss-reactive ketones (excluding diaryl/α,β-unsaturated/α-hetero) is 1. The van der Waals surface area contributed by atoms with Gasteiger partial charge in [-0.2, -0.15) is 5.10 Å². The second-order valence-corrected chi connectivity index (χ2v) is 8.58. The van der Waals surface area contributed by atoms with E-state index in [1.54, 1.807) is 11.6 Å². The van der Waals surface area contributed by atoms with Crippen molar-refractivity contribution in [3.8, 4) is 5.69 Å². The van der Waals surface area contributed by atoms with E-state index in [0.29, 0.717) is 16.9 Å². The molecule has 0 unspecified atom stereocenters. The first-order valence-corrected chi connectivity index (χ1v) is 12.1. The van der Waals surface area contributed by atoms with Crippen LogP contribution in [0, 0.1) is 13.8 Å². The number of carbonyl (C=O) groups is 3. The third-order valence-corrected chi connectivity index (χ3v) is 5.82. The molecule has 0 radical (unpaired) electrons. The highest BCUT2D eigenvalue weighted by molar-refractivity contribution is 5.98. The molecule has 3 rings (SSSR count). The van der Waals surface area contributed by atoms with E-state index in [1.807, 2.05) is 61.5 Å². The Morgan fingerprint density at radius 1 is 0.943 bits per heavy atom. The topological polar surface area (TPSA) is 90.3 Å². The number of carbonyl (C=O) groups excluding carboxylic acids is 3. The molecular formula is C28H33N3O4. The molecular weight excluding hydrogens is 442 g/mol. The largest absolute Gasteiger partial charge is 0.456 e. The molecule has 1 amide bonds. The second kappa shape index (κ2) is 12.6. The van der Waals surface area contributed by atoms with E-state index in [-0.39, 0.29) is 18.6 Å². The van der Waals surface area contributed by atoms with Gasteiger partial charge in [0.2, 0.25) is 0 Å². The summed E-state index contributed by atoms with van der Waals surface area (Å²) in [6.07, 6.45) is 4.47. The van der Waals surface area contributed by atoms with Crippen molar-refractivity contribution in [2.24, 2.45) is 0 Å². The summed E-state index contributed by atoms with van der Waals surface area (Å²) in [7, 11) is 0. The smallest absolute Gasteiger partial charge is 0.306 e. The average Bonchev–Trinajstić information content (AvgIpc) is 3.15. The molecule has 0 aliphatic rings. The quantitative estimate of drug-likeness (QED) is 0.216. The molecule has 0 aliphatic heterocycles. The number of benzene rings is 2. The van der Waals surface area contributed by atoms with Gasteiger partial charge in [0.1, 0.15) is 0 Å². The third-order valence-electron chi connectivity index (χ3n) is 5.82. The van der Waals surface area contributed by atoms with E-state index >= 15 is 0 Å². The predicted octanol–water partition coefficient (Wildman–Crippen LogP) is 5.37. The minimum Gasteiger partial charge on any atom is -0.456 e. The third kappa shape index (κ3) is 7.37. The summed E-state index contributed by atoms with van der Waals surface area (Å²) < 4.78 is 6.83. The van der Waals surface area contributed by atoms with E-state index in [2.05, 4.69) is 17.3 Å². The molecule has 1 aromatic heterocycles. The van der Waals surface area contributed by atoms with E-state index < -0.39 is 18.5 Å². The second-order valence-electron chi connectivity index (χ2n) is 8.58. The van der Waals surface area contributed by atoms with Gasteiger partial charge < -0.3 is 10.1 Å². The van der Waals surface area contributed by atoms with Gasteiger partial charge in [-0.15, -0.1) is 0 Å². The van der Waals surface area contributed by atoms with Crippen molar-refractivity contribution in [1.29, 1.82) is 0 Å². The Balaban J connectivity index is 1.44. The Hall–Kier alpha value is -3.74. The van der Waals surface area contributed by atoms with Crippen LogP contribution in [0.5, 0.6) is 0 Å². The first-order valence-electron chi connectivity index (χ1n) is 12.1. The monoisotopic (exact) mass is 475 g/mol. The molecule has 0 spiro atoms. The zero-order chi connectivity index (χ0) is 25.2. The Morgan fingerprint density at radius 2 is 1.66 bits per heavy atom. The number of unbranched alkanes of at least 4 members (excludes halogenated alkanes) is 2.